The molecule has 0 saturated carbocycles. The maximum Gasteiger partial charge on any atom is 0.0534 e. The molecule has 0 amide bonds. The lowest BCUT2D eigenvalue weighted by Crippen LogP contribution is -2.00. The summed E-state index contributed by atoms with van der Waals surface area (Å²) in [5, 5.41) is 8.94. The van der Waals surface area contributed by atoms with Gasteiger partial charge in [0.1, 0.15) is 0 Å². The second kappa shape index (κ2) is 4.45. The number of benzene rings is 1. The Kier molecular flexibility index (Phi) is 3.53. The summed E-state index contributed by atoms with van der Waals surface area (Å²) >= 11 is 3.36. The number of hydrogen-bond donors (Lipinski definition) is 1. The molecule has 13 heavy (non-hydrogen) atoms. The van der Waals surface area contributed by atoms with Gasteiger partial charge >= 0.3 is 0 Å². The molecule has 0 aliphatic heterocycles. The van der Waals surface area contributed by atoms with E-state index in [0.717, 1.165) is 21.5 Å². The van der Waals surface area contributed by atoms with Crippen LogP contribution < -0.4 is 0 Å². The van der Waals surface area contributed by atoms with E-state index >= 15 is 0 Å². The van der Waals surface area contributed by atoms with Crippen LogP contribution in [0, 0.1) is 18.3 Å². The molecule has 2 heteroatoms. The standard InChI is InChI=1S/C11H10BrO/c1-3-9-4-10(8(2)7-13)6-11(12)5-9/h1,4-6,13H,7H2,2H3. The Hall–Kier alpha value is -0.780. The van der Waals surface area contributed by atoms with Gasteiger partial charge in [0.25, 0.3) is 0 Å². The van der Waals surface area contributed by atoms with E-state index in [9.17, 15) is 0 Å². The molecule has 0 aliphatic rings. The highest BCUT2D eigenvalue weighted by molar-refractivity contribution is 9.10. The average molecular weight is 238 g/mol. The monoisotopic (exact) mass is 237 g/mol. The Morgan fingerprint density at radius 2 is 2.23 bits per heavy atom. The molecule has 0 saturated heterocycles. The van der Waals surface area contributed by atoms with Crippen molar-refractivity contribution in [1.82, 2.24) is 0 Å². The van der Waals surface area contributed by atoms with Crippen LogP contribution >= 0.6 is 15.9 Å². The zero-order chi connectivity index (χ0) is 9.84. The number of rotatable bonds is 2. The third-order valence-electron chi connectivity index (χ3n) is 1.79. The highest BCUT2D eigenvalue weighted by Crippen LogP contribution is 2.20. The van der Waals surface area contributed by atoms with E-state index < -0.39 is 0 Å². The summed E-state index contributed by atoms with van der Waals surface area (Å²) in [6.07, 6.45) is 5.29. The molecule has 67 valence electrons. The zero-order valence-electron chi connectivity index (χ0n) is 7.34. The molecule has 0 atom stereocenters. The van der Waals surface area contributed by atoms with Crippen molar-refractivity contribution in [2.45, 2.75) is 6.92 Å². The lowest BCUT2D eigenvalue weighted by atomic mass is 10.0. The van der Waals surface area contributed by atoms with Gasteiger partial charge in [-0.25, -0.2) is 0 Å². The molecule has 1 rings (SSSR count). The first kappa shape index (κ1) is 10.3. The van der Waals surface area contributed by atoms with Crippen LogP contribution in [0.3, 0.4) is 0 Å². The van der Waals surface area contributed by atoms with Crippen molar-refractivity contribution in [1.29, 1.82) is 0 Å². The molecule has 0 unspecified atom stereocenters. The Balaban J connectivity index is 3.10. The number of aliphatic hydroxyl groups is 1. The van der Waals surface area contributed by atoms with E-state index in [-0.39, 0.29) is 6.61 Å². The van der Waals surface area contributed by atoms with Crippen molar-refractivity contribution >= 4 is 15.9 Å². The van der Waals surface area contributed by atoms with Crippen molar-refractivity contribution in [2.75, 3.05) is 6.61 Å². The van der Waals surface area contributed by atoms with Gasteiger partial charge in [-0.05, 0) is 23.8 Å². The van der Waals surface area contributed by atoms with Gasteiger partial charge in [-0.15, -0.1) is 6.42 Å². The molecule has 1 radical (unpaired) electrons. The first-order chi connectivity index (χ1) is 6.17. The van der Waals surface area contributed by atoms with Gasteiger partial charge in [0.15, 0.2) is 0 Å². The van der Waals surface area contributed by atoms with Gasteiger partial charge in [0.05, 0.1) is 6.61 Å². The SMILES string of the molecule is C#Cc1cc(Br)cc([C](C)CO)c1. The molecule has 1 aromatic carbocycles. The first-order valence-corrected chi connectivity index (χ1v) is 4.67. The molecule has 0 fully saturated rings. The van der Waals surface area contributed by atoms with Crippen LogP contribution in [-0.2, 0) is 0 Å². The van der Waals surface area contributed by atoms with Gasteiger partial charge in [-0.1, -0.05) is 28.8 Å². The predicted octanol–water partition coefficient (Wildman–Crippen LogP) is 2.37. The highest BCUT2D eigenvalue weighted by atomic mass is 79.9. The van der Waals surface area contributed by atoms with Gasteiger partial charge in [-0.3, -0.25) is 0 Å². The van der Waals surface area contributed by atoms with E-state index in [2.05, 4.69) is 21.9 Å². The van der Waals surface area contributed by atoms with Crippen LogP contribution in [0.2, 0.25) is 0 Å². The van der Waals surface area contributed by atoms with Crippen LogP contribution in [0.4, 0.5) is 0 Å². The number of aliphatic hydroxyl groups excluding tert-OH is 1. The van der Waals surface area contributed by atoms with E-state index in [1.807, 2.05) is 25.1 Å². The van der Waals surface area contributed by atoms with Crippen LogP contribution in [0.1, 0.15) is 18.1 Å². The topological polar surface area (TPSA) is 20.2 Å². The van der Waals surface area contributed by atoms with Crippen molar-refractivity contribution in [3.63, 3.8) is 0 Å². The average Bonchev–Trinajstić information content (AvgIpc) is 2.15. The van der Waals surface area contributed by atoms with Crippen molar-refractivity contribution < 1.29 is 5.11 Å². The van der Waals surface area contributed by atoms with Crippen molar-refractivity contribution in [3.05, 3.63) is 39.7 Å². The molecule has 1 N–H and O–H groups in total. The maximum absolute atomic E-state index is 8.94. The van der Waals surface area contributed by atoms with Gasteiger partial charge in [0.2, 0.25) is 0 Å². The summed E-state index contributed by atoms with van der Waals surface area (Å²) in [6, 6.07) is 5.69. The van der Waals surface area contributed by atoms with Gasteiger partial charge < -0.3 is 5.11 Å². The summed E-state index contributed by atoms with van der Waals surface area (Å²) in [4.78, 5) is 0. The first-order valence-electron chi connectivity index (χ1n) is 3.88. The molecule has 0 spiro atoms. The lowest BCUT2D eigenvalue weighted by molar-refractivity contribution is 0.315. The van der Waals surface area contributed by atoms with E-state index in [1.165, 1.54) is 0 Å². The number of hydrogen-bond acceptors (Lipinski definition) is 1. The summed E-state index contributed by atoms with van der Waals surface area (Å²) in [5.41, 5.74) is 1.79. The van der Waals surface area contributed by atoms with E-state index in [0.29, 0.717) is 0 Å². The Labute approximate surface area is 86.9 Å². The zero-order valence-corrected chi connectivity index (χ0v) is 8.93. The van der Waals surface area contributed by atoms with Gasteiger partial charge in [0, 0.05) is 16.0 Å². The maximum atomic E-state index is 8.94. The lowest BCUT2D eigenvalue weighted by Gasteiger charge is -2.08. The fourth-order valence-electron chi connectivity index (χ4n) is 1.01. The fourth-order valence-corrected chi connectivity index (χ4v) is 1.50. The normalized spacial score (nSPS) is 10.1. The van der Waals surface area contributed by atoms with Gasteiger partial charge in [-0.2, -0.15) is 0 Å². The van der Waals surface area contributed by atoms with Crippen molar-refractivity contribution in [3.8, 4) is 12.3 Å². The van der Waals surface area contributed by atoms with Crippen LogP contribution in [-0.4, -0.2) is 11.7 Å². The van der Waals surface area contributed by atoms with Crippen LogP contribution in [0.5, 0.6) is 0 Å². The predicted molar refractivity (Wildman–Crippen MR) is 57.2 cm³/mol. The quantitative estimate of drug-likeness (QED) is 0.784. The molecule has 0 aliphatic carbocycles. The third-order valence-corrected chi connectivity index (χ3v) is 2.25. The minimum Gasteiger partial charge on any atom is -0.395 e. The molecular weight excluding hydrogens is 228 g/mol. The fraction of sp³-hybridized carbons (Fsp3) is 0.182. The minimum atomic E-state index is 0.0560. The Morgan fingerprint density at radius 1 is 1.54 bits per heavy atom. The number of terminal acetylenes is 1. The largest absolute Gasteiger partial charge is 0.395 e. The van der Waals surface area contributed by atoms with Crippen LogP contribution in [0.25, 0.3) is 0 Å². The van der Waals surface area contributed by atoms with E-state index in [1.54, 1.807) is 0 Å². The van der Waals surface area contributed by atoms with Crippen molar-refractivity contribution in [2.24, 2.45) is 0 Å². The summed E-state index contributed by atoms with van der Waals surface area (Å²) < 4.78 is 0.936. The summed E-state index contributed by atoms with van der Waals surface area (Å²) in [6.45, 7) is 1.93. The third kappa shape index (κ3) is 2.58. The molecule has 1 aromatic rings. The minimum absolute atomic E-state index is 0.0560. The highest BCUT2D eigenvalue weighted by Gasteiger charge is 2.06. The molecule has 0 aromatic heterocycles. The smallest absolute Gasteiger partial charge is 0.0534 e. The second-order valence-corrected chi connectivity index (χ2v) is 3.73. The molecular formula is C11H10BrO. The molecule has 0 bridgehead atoms. The summed E-state index contributed by atoms with van der Waals surface area (Å²) in [5.74, 6) is 3.48. The molecule has 1 nitrogen and oxygen atoms in total. The Bertz CT molecular complexity index is 338. The van der Waals surface area contributed by atoms with Crippen LogP contribution in [0.15, 0.2) is 22.7 Å². The summed E-state index contributed by atoms with van der Waals surface area (Å²) in [7, 11) is 0. The molecule has 0 heterocycles. The van der Waals surface area contributed by atoms with E-state index in [4.69, 9.17) is 11.5 Å². The number of halogens is 1. The Morgan fingerprint density at radius 3 is 2.77 bits per heavy atom. The second-order valence-electron chi connectivity index (χ2n) is 2.81.